The van der Waals surface area contributed by atoms with Gasteiger partial charge in [-0.1, -0.05) is 23.7 Å². The molecule has 0 heterocycles. The van der Waals surface area contributed by atoms with Crippen LogP contribution in [-0.2, 0) is 0 Å². The van der Waals surface area contributed by atoms with Crippen molar-refractivity contribution in [2.75, 3.05) is 7.11 Å². The Morgan fingerprint density at radius 3 is 2.45 bits per heavy atom. The van der Waals surface area contributed by atoms with Gasteiger partial charge in [-0.2, -0.15) is 0 Å². The normalized spacial score (nSPS) is 12.2. The number of nitrogens with one attached hydrogen (secondary N) is 1. The lowest BCUT2D eigenvalue weighted by Gasteiger charge is -2.20. The van der Waals surface area contributed by atoms with E-state index in [2.05, 4.69) is 5.43 Å². The Hall–Kier alpha value is -1.69. The number of hydrazine groups is 1. The summed E-state index contributed by atoms with van der Waals surface area (Å²) in [6.45, 7) is 0. The molecule has 1 atom stereocenters. The summed E-state index contributed by atoms with van der Waals surface area (Å²) in [6, 6.07) is 7.56. The van der Waals surface area contributed by atoms with Crippen molar-refractivity contribution in [3.63, 3.8) is 0 Å². The van der Waals surface area contributed by atoms with Gasteiger partial charge >= 0.3 is 0 Å². The highest BCUT2D eigenvalue weighted by Gasteiger charge is 2.20. The Morgan fingerprint density at radius 2 is 1.85 bits per heavy atom. The van der Waals surface area contributed by atoms with Crippen LogP contribution in [0.5, 0.6) is 5.75 Å². The van der Waals surface area contributed by atoms with Gasteiger partial charge in [-0.3, -0.25) is 5.84 Å². The summed E-state index contributed by atoms with van der Waals surface area (Å²) >= 11 is 5.89. The number of nitrogens with two attached hydrogens (primary N) is 1. The molecule has 6 heteroatoms. The van der Waals surface area contributed by atoms with Crippen LogP contribution in [0, 0.1) is 11.6 Å². The van der Waals surface area contributed by atoms with E-state index in [1.807, 2.05) is 0 Å². The minimum absolute atomic E-state index is 0.217. The van der Waals surface area contributed by atoms with E-state index in [0.717, 1.165) is 6.07 Å². The SMILES string of the molecule is COc1cc(Cl)ccc1C(NN)c1ccc(F)cc1F. The number of hydrogen-bond acceptors (Lipinski definition) is 3. The molecule has 106 valence electrons. The third kappa shape index (κ3) is 2.90. The first-order chi connectivity index (χ1) is 9.56. The van der Waals surface area contributed by atoms with Crippen LogP contribution >= 0.6 is 11.6 Å². The molecule has 2 aromatic carbocycles. The molecule has 0 saturated heterocycles. The first kappa shape index (κ1) is 14.7. The van der Waals surface area contributed by atoms with Crippen LogP contribution in [0.2, 0.25) is 5.02 Å². The van der Waals surface area contributed by atoms with Gasteiger partial charge in [0.1, 0.15) is 17.4 Å². The summed E-state index contributed by atoms with van der Waals surface area (Å²) in [5, 5.41) is 0.487. The van der Waals surface area contributed by atoms with Crippen molar-refractivity contribution in [2.45, 2.75) is 6.04 Å². The van der Waals surface area contributed by atoms with E-state index in [-0.39, 0.29) is 5.56 Å². The van der Waals surface area contributed by atoms with E-state index < -0.39 is 17.7 Å². The highest BCUT2D eigenvalue weighted by molar-refractivity contribution is 6.30. The van der Waals surface area contributed by atoms with Gasteiger partial charge in [0.05, 0.1) is 13.2 Å². The predicted molar refractivity (Wildman–Crippen MR) is 73.5 cm³/mol. The van der Waals surface area contributed by atoms with Gasteiger partial charge in [-0.05, 0) is 18.2 Å². The van der Waals surface area contributed by atoms with Gasteiger partial charge in [0.15, 0.2) is 0 Å². The van der Waals surface area contributed by atoms with Gasteiger partial charge in [0, 0.05) is 22.2 Å². The molecule has 0 bridgehead atoms. The number of ether oxygens (including phenoxy) is 1. The molecular weight excluding hydrogens is 286 g/mol. The minimum atomic E-state index is -0.690. The maximum absolute atomic E-state index is 13.9. The lowest BCUT2D eigenvalue weighted by atomic mass is 9.98. The van der Waals surface area contributed by atoms with Crippen molar-refractivity contribution in [2.24, 2.45) is 5.84 Å². The van der Waals surface area contributed by atoms with Crippen LogP contribution in [0.15, 0.2) is 36.4 Å². The van der Waals surface area contributed by atoms with E-state index >= 15 is 0 Å². The lowest BCUT2D eigenvalue weighted by molar-refractivity contribution is 0.403. The van der Waals surface area contributed by atoms with Gasteiger partial charge in [0.25, 0.3) is 0 Å². The second kappa shape index (κ2) is 6.17. The number of halogens is 3. The molecule has 0 aliphatic heterocycles. The molecule has 0 fully saturated rings. The van der Waals surface area contributed by atoms with Crippen molar-refractivity contribution >= 4 is 11.6 Å². The average Bonchev–Trinajstić information content (AvgIpc) is 2.43. The molecule has 2 rings (SSSR count). The maximum Gasteiger partial charge on any atom is 0.131 e. The van der Waals surface area contributed by atoms with Gasteiger partial charge in [0.2, 0.25) is 0 Å². The van der Waals surface area contributed by atoms with Crippen LogP contribution in [0.1, 0.15) is 17.2 Å². The smallest absolute Gasteiger partial charge is 0.131 e. The molecule has 2 aromatic rings. The van der Waals surface area contributed by atoms with Crippen molar-refractivity contribution in [1.82, 2.24) is 5.43 Å². The third-order valence-corrected chi connectivity index (χ3v) is 3.18. The van der Waals surface area contributed by atoms with Crippen LogP contribution in [-0.4, -0.2) is 7.11 Å². The first-order valence-corrected chi connectivity index (χ1v) is 6.19. The third-order valence-electron chi connectivity index (χ3n) is 2.95. The van der Waals surface area contributed by atoms with Crippen molar-refractivity contribution in [3.8, 4) is 5.75 Å². The van der Waals surface area contributed by atoms with Gasteiger partial charge in [-0.15, -0.1) is 0 Å². The minimum Gasteiger partial charge on any atom is -0.496 e. The van der Waals surface area contributed by atoms with Gasteiger partial charge < -0.3 is 4.74 Å². The first-order valence-electron chi connectivity index (χ1n) is 5.81. The van der Waals surface area contributed by atoms with E-state index in [1.165, 1.54) is 19.2 Å². The molecule has 0 aliphatic rings. The largest absolute Gasteiger partial charge is 0.496 e. The van der Waals surface area contributed by atoms with E-state index in [4.69, 9.17) is 22.2 Å². The maximum atomic E-state index is 13.9. The van der Waals surface area contributed by atoms with Gasteiger partial charge in [-0.25, -0.2) is 14.2 Å². The fourth-order valence-electron chi connectivity index (χ4n) is 2.01. The molecule has 0 saturated carbocycles. The van der Waals surface area contributed by atoms with Crippen molar-refractivity contribution in [3.05, 3.63) is 64.2 Å². The summed E-state index contributed by atoms with van der Waals surface area (Å²) in [4.78, 5) is 0. The molecular formula is C14H13ClF2N2O. The molecule has 0 radical (unpaired) electrons. The highest BCUT2D eigenvalue weighted by atomic mass is 35.5. The fraction of sp³-hybridized carbons (Fsp3) is 0.143. The van der Waals surface area contributed by atoms with Crippen LogP contribution < -0.4 is 16.0 Å². The number of rotatable bonds is 4. The standard InChI is InChI=1S/C14H13ClF2N2O/c1-20-13-6-8(15)2-4-11(13)14(19-18)10-5-3-9(16)7-12(10)17/h2-7,14,19H,18H2,1H3. The quantitative estimate of drug-likeness (QED) is 0.673. The Balaban J connectivity index is 2.52. The second-order valence-electron chi connectivity index (χ2n) is 4.15. The zero-order chi connectivity index (χ0) is 14.7. The lowest BCUT2D eigenvalue weighted by Crippen LogP contribution is -2.30. The number of benzene rings is 2. The monoisotopic (exact) mass is 298 g/mol. The predicted octanol–water partition coefficient (Wildman–Crippen LogP) is 3.18. The second-order valence-corrected chi connectivity index (χ2v) is 4.59. The molecule has 1 unspecified atom stereocenters. The topological polar surface area (TPSA) is 47.3 Å². The molecule has 3 N–H and O–H groups in total. The Bertz CT molecular complexity index is 622. The van der Waals surface area contributed by atoms with Crippen LogP contribution in [0.4, 0.5) is 8.78 Å². The summed E-state index contributed by atoms with van der Waals surface area (Å²) < 4.78 is 32.1. The highest BCUT2D eigenvalue weighted by Crippen LogP contribution is 2.32. The fourth-order valence-corrected chi connectivity index (χ4v) is 2.17. The molecule has 20 heavy (non-hydrogen) atoms. The average molecular weight is 299 g/mol. The zero-order valence-corrected chi connectivity index (χ0v) is 11.4. The summed E-state index contributed by atoms with van der Waals surface area (Å²) in [5.41, 5.74) is 3.32. The summed E-state index contributed by atoms with van der Waals surface area (Å²) in [5.74, 6) is 4.63. The summed E-state index contributed by atoms with van der Waals surface area (Å²) in [7, 11) is 1.48. The number of hydrogen-bond donors (Lipinski definition) is 2. The van der Waals surface area contributed by atoms with Crippen molar-refractivity contribution in [1.29, 1.82) is 0 Å². The number of methoxy groups -OCH3 is 1. The molecule has 0 aliphatic carbocycles. The van der Waals surface area contributed by atoms with E-state index in [0.29, 0.717) is 16.3 Å². The Morgan fingerprint density at radius 1 is 1.15 bits per heavy atom. The Kier molecular flexibility index (Phi) is 4.54. The molecule has 3 nitrogen and oxygen atoms in total. The summed E-state index contributed by atoms with van der Waals surface area (Å²) in [6.07, 6.45) is 0. The molecule has 0 spiro atoms. The van der Waals surface area contributed by atoms with Crippen molar-refractivity contribution < 1.29 is 13.5 Å². The molecule has 0 aromatic heterocycles. The van der Waals surface area contributed by atoms with Crippen LogP contribution in [0.3, 0.4) is 0 Å². The van der Waals surface area contributed by atoms with Crippen LogP contribution in [0.25, 0.3) is 0 Å². The zero-order valence-electron chi connectivity index (χ0n) is 10.7. The van der Waals surface area contributed by atoms with E-state index in [1.54, 1.807) is 18.2 Å². The Labute approximate surface area is 120 Å². The van der Waals surface area contributed by atoms with E-state index in [9.17, 15) is 8.78 Å². The molecule has 0 amide bonds.